The molecule has 24 heavy (non-hydrogen) atoms. The number of rotatable bonds is 3. The number of pyridine rings is 1. The molecule has 1 fully saturated rings. The molecule has 0 aliphatic heterocycles. The van der Waals surface area contributed by atoms with E-state index in [1.54, 1.807) is 30.6 Å². The average Bonchev–Trinajstić information content (AvgIpc) is 3.40. The van der Waals surface area contributed by atoms with Crippen LogP contribution in [0.3, 0.4) is 0 Å². The fourth-order valence-corrected chi connectivity index (χ4v) is 2.65. The minimum absolute atomic E-state index is 0.107. The summed E-state index contributed by atoms with van der Waals surface area (Å²) in [5.41, 5.74) is 2.48. The molecule has 6 heteroatoms. The van der Waals surface area contributed by atoms with Crippen molar-refractivity contribution in [1.82, 2.24) is 19.9 Å². The van der Waals surface area contributed by atoms with Gasteiger partial charge >= 0.3 is 0 Å². The Morgan fingerprint density at radius 3 is 2.92 bits per heavy atom. The zero-order chi connectivity index (χ0) is 16.7. The Labute approximate surface area is 138 Å². The van der Waals surface area contributed by atoms with Crippen molar-refractivity contribution in [2.24, 2.45) is 0 Å². The first kappa shape index (κ1) is 14.6. The third-order valence-electron chi connectivity index (χ3n) is 4.20. The number of carbonyl (C=O) groups is 1. The van der Waals surface area contributed by atoms with Crippen LogP contribution in [0.5, 0.6) is 0 Å². The molecule has 1 aromatic carbocycles. The lowest BCUT2D eigenvalue weighted by Gasteiger charge is -2.12. The molecule has 1 amide bonds. The van der Waals surface area contributed by atoms with Crippen LogP contribution in [0.15, 0.2) is 47.8 Å². The number of hydrogen-bond acceptors (Lipinski definition) is 4. The molecule has 0 saturated heterocycles. The summed E-state index contributed by atoms with van der Waals surface area (Å²) in [4.78, 5) is 33.3. The standard InChI is InChI=1S/C18H16N4O2/c1-11-2-3-12(17(23)21-13-4-5-13)8-16(11)22-10-20-15-9-19-7-6-14(15)18(22)24/h2-3,6-10,13H,4-5H2,1H3,(H,21,23). The lowest BCUT2D eigenvalue weighted by Crippen LogP contribution is -2.26. The van der Waals surface area contributed by atoms with E-state index in [9.17, 15) is 9.59 Å². The number of carbonyl (C=O) groups excluding carboxylic acids is 1. The van der Waals surface area contributed by atoms with E-state index in [1.165, 1.54) is 10.9 Å². The van der Waals surface area contributed by atoms with Gasteiger partial charge in [-0.25, -0.2) is 4.98 Å². The number of nitrogens with zero attached hydrogens (tertiary/aromatic N) is 3. The number of aryl methyl sites for hydroxylation is 1. The van der Waals surface area contributed by atoms with Gasteiger partial charge in [-0.2, -0.15) is 0 Å². The molecule has 1 N–H and O–H groups in total. The Morgan fingerprint density at radius 1 is 1.29 bits per heavy atom. The van der Waals surface area contributed by atoms with Crippen molar-refractivity contribution < 1.29 is 4.79 Å². The van der Waals surface area contributed by atoms with E-state index in [-0.39, 0.29) is 11.5 Å². The van der Waals surface area contributed by atoms with Crippen molar-refractivity contribution in [3.05, 3.63) is 64.5 Å². The van der Waals surface area contributed by atoms with Crippen LogP contribution in [-0.2, 0) is 0 Å². The van der Waals surface area contributed by atoms with Crippen molar-refractivity contribution in [1.29, 1.82) is 0 Å². The summed E-state index contributed by atoms with van der Waals surface area (Å²) >= 11 is 0. The molecule has 0 atom stereocenters. The highest BCUT2D eigenvalue weighted by atomic mass is 16.1. The van der Waals surface area contributed by atoms with E-state index in [0.717, 1.165) is 18.4 Å². The maximum Gasteiger partial charge on any atom is 0.265 e. The summed E-state index contributed by atoms with van der Waals surface area (Å²) in [7, 11) is 0. The molecule has 0 unspecified atom stereocenters. The van der Waals surface area contributed by atoms with Gasteiger partial charge in [0.2, 0.25) is 0 Å². The number of nitrogens with one attached hydrogen (secondary N) is 1. The van der Waals surface area contributed by atoms with Gasteiger partial charge in [-0.3, -0.25) is 19.1 Å². The molecular weight excluding hydrogens is 304 g/mol. The monoisotopic (exact) mass is 320 g/mol. The quantitative estimate of drug-likeness (QED) is 0.800. The zero-order valence-corrected chi connectivity index (χ0v) is 13.2. The van der Waals surface area contributed by atoms with E-state index in [2.05, 4.69) is 15.3 Å². The summed E-state index contributed by atoms with van der Waals surface area (Å²) in [6.07, 6.45) is 6.69. The molecule has 1 saturated carbocycles. The second-order valence-electron chi connectivity index (χ2n) is 6.06. The van der Waals surface area contributed by atoms with Crippen molar-refractivity contribution in [3.8, 4) is 5.69 Å². The van der Waals surface area contributed by atoms with Gasteiger partial charge < -0.3 is 5.32 Å². The van der Waals surface area contributed by atoms with Crippen LogP contribution in [0.4, 0.5) is 0 Å². The highest BCUT2D eigenvalue weighted by Crippen LogP contribution is 2.21. The Balaban J connectivity index is 1.82. The van der Waals surface area contributed by atoms with Crippen molar-refractivity contribution in [2.75, 3.05) is 0 Å². The Hall–Kier alpha value is -3.02. The Bertz CT molecular complexity index is 1010. The van der Waals surface area contributed by atoms with E-state index >= 15 is 0 Å². The number of aromatic nitrogens is 3. The maximum atomic E-state index is 12.7. The number of hydrogen-bond donors (Lipinski definition) is 1. The predicted molar refractivity (Wildman–Crippen MR) is 90.4 cm³/mol. The Kier molecular flexibility index (Phi) is 3.37. The highest BCUT2D eigenvalue weighted by Gasteiger charge is 2.24. The van der Waals surface area contributed by atoms with Crippen LogP contribution in [0.1, 0.15) is 28.8 Å². The third kappa shape index (κ3) is 2.56. The molecule has 6 nitrogen and oxygen atoms in total. The molecule has 1 aliphatic carbocycles. The van der Waals surface area contributed by atoms with Gasteiger partial charge in [0.25, 0.3) is 11.5 Å². The van der Waals surface area contributed by atoms with Crippen molar-refractivity contribution in [2.45, 2.75) is 25.8 Å². The highest BCUT2D eigenvalue weighted by molar-refractivity contribution is 5.95. The molecule has 0 spiro atoms. The second kappa shape index (κ2) is 5.56. The molecule has 3 aromatic rings. The van der Waals surface area contributed by atoms with Gasteiger partial charge in [0.1, 0.15) is 6.33 Å². The first-order valence-electron chi connectivity index (χ1n) is 7.87. The van der Waals surface area contributed by atoms with Gasteiger partial charge in [-0.15, -0.1) is 0 Å². The van der Waals surface area contributed by atoms with Crippen LogP contribution < -0.4 is 10.9 Å². The number of benzene rings is 1. The number of amides is 1. The Morgan fingerprint density at radius 2 is 2.12 bits per heavy atom. The van der Waals surface area contributed by atoms with Gasteiger partial charge in [-0.05, 0) is 43.5 Å². The minimum atomic E-state index is -0.176. The summed E-state index contributed by atoms with van der Waals surface area (Å²) in [5, 5.41) is 3.46. The predicted octanol–water partition coefficient (Wildman–Crippen LogP) is 1.98. The summed E-state index contributed by atoms with van der Waals surface area (Å²) in [6, 6.07) is 7.31. The van der Waals surface area contributed by atoms with E-state index in [4.69, 9.17) is 0 Å². The molecule has 120 valence electrons. The topological polar surface area (TPSA) is 76.9 Å². The SMILES string of the molecule is Cc1ccc(C(=O)NC2CC2)cc1-n1cnc2cnccc2c1=O. The maximum absolute atomic E-state index is 12.7. The lowest BCUT2D eigenvalue weighted by atomic mass is 10.1. The van der Waals surface area contributed by atoms with Crippen LogP contribution in [-0.4, -0.2) is 26.5 Å². The first-order valence-corrected chi connectivity index (χ1v) is 7.87. The van der Waals surface area contributed by atoms with E-state index < -0.39 is 0 Å². The summed E-state index contributed by atoms with van der Waals surface area (Å²) in [6.45, 7) is 1.90. The molecule has 4 rings (SSSR count). The molecule has 2 heterocycles. The molecule has 2 aromatic heterocycles. The molecule has 1 aliphatic rings. The molecular formula is C18H16N4O2. The zero-order valence-electron chi connectivity index (χ0n) is 13.2. The van der Waals surface area contributed by atoms with E-state index in [0.29, 0.717) is 28.2 Å². The molecule has 0 radical (unpaired) electrons. The smallest absolute Gasteiger partial charge is 0.265 e. The van der Waals surface area contributed by atoms with Crippen LogP contribution in [0.2, 0.25) is 0 Å². The summed E-state index contributed by atoms with van der Waals surface area (Å²) < 4.78 is 1.48. The van der Waals surface area contributed by atoms with Gasteiger partial charge in [0.05, 0.1) is 22.8 Å². The largest absolute Gasteiger partial charge is 0.349 e. The fraction of sp³-hybridized carbons (Fsp3) is 0.222. The van der Waals surface area contributed by atoms with Crippen LogP contribution >= 0.6 is 0 Å². The second-order valence-corrected chi connectivity index (χ2v) is 6.06. The van der Waals surface area contributed by atoms with Crippen molar-refractivity contribution in [3.63, 3.8) is 0 Å². The lowest BCUT2D eigenvalue weighted by molar-refractivity contribution is 0.0951. The van der Waals surface area contributed by atoms with Crippen molar-refractivity contribution >= 4 is 16.8 Å². The summed E-state index contributed by atoms with van der Waals surface area (Å²) in [5.74, 6) is -0.107. The fourth-order valence-electron chi connectivity index (χ4n) is 2.65. The van der Waals surface area contributed by atoms with Gasteiger partial charge in [0.15, 0.2) is 0 Å². The normalized spacial score (nSPS) is 13.9. The average molecular weight is 320 g/mol. The van der Waals surface area contributed by atoms with E-state index in [1.807, 2.05) is 13.0 Å². The van der Waals surface area contributed by atoms with Gasteiger partial charge in [-0.1, -0.05) is 6.07 Å². The first-order chi connectivity index (χ1) is 11.6. The number of fused-ring (bicyclic) bond motifs is 1. The van der Waals surface area contributed by atoms with Crippen LogP contribution in [0, 0.1) is 6.92 Å². The van der Waals surface area contributed by atoms with Gasteiger partial charge in [0, 0.05) is 17.8 Å². The van der Waals surface area contributed by atoms with Crippen LogP contribution in [0.25, 0.3) is 16.6 Å². The third-order valence-corrected chi connectivity index (χ3v) is 4.20. The molecule has 0 bridgehead atoms. The minimum Gasteiger partial charge on any atom is -0.349 e.